The molecule has 0 aliphatic heterocycles. The Bertz CT molecular complexity index is 1300. The van der Waals surface area contributed by atoms with E-state index in [-0.39, 0.29) is 11.8 Å². The summed E-state index contributed by atoms with van der Waals surface area (Å²) in [5.74, 6) is -0.0814. The van der Waals surface area contributed by atoms with Gasteiger partial charge in [-0.3, -0.25) is 4.79 Å². The van der Waals surface area contributed by atoms with Crippen LogP contribution in [0.5, 0.6) is 0 Å². The van der Waals surface area contributed by atoms with E-state index in [0.717, 1.165) is 16.7 Å². The number of hydrogen-bond donors (Lipinski definition) is 2. The van der Waals surface area contributed by atoms with Crippen LogP contribution in [0.2, 0.25) is 0 Å². The van der Waals surface area contributed by atoms with E-state index in [1.54, 1.807) is 17.5 Å². The first-order valence-corrected chi connectivity index (χ1v) is 10.4. The van der Waals surface area contributed by atoms with Crippen molar-refractivity contribution in [2.75, 3.05) is 6.54 Å². The molecule has 4 heterocycles. The van der Waals surface area contributed by atoms with Crippen molar-refractivity contribution in [3.05, 3.63) is 94.2 Å². The van der Waals surface area contributed by atoms with Gasteiger partial charge in [0.25, 0.3) is 5.91 Å². The van der Waals surface area contributed by atoms with Gasteiger partial charge in [0.15, 0.2) is 0 Å². The molecule has 5 nitrogen and oxygen atoms in total. The molecule has 0 spiro atoms. The fourth-order valence-corrected chi connectivity index (χ4v) is 4.56. The largest absolute Gasteiger partial charge is 0.361 e. The summed E-state index contributed by atoms with van der Waals surface area (Å²) in [5.41, 5.74) is 4.62. The molecule has 0 radical (unpaired) electrons. The number of pyridine rings is 1. The zero-order valence-electron chi connectivity index (χ0n) is 15.9. The number of hydrogen-bond acceptors (Lipinski definition) is 3. The van der Waals surface area contributed by atoms with Crippen LogP contribution < -0.4 is 5.32 Å². The van der Waals surface area contributed by atoms with E-state index in [2.05, 4.69) is 45.1 Å². The van der Waals surface area contributed by atoms with Gasteiger partial charge in [0.1, 0.15) is 11.3 Å². The number of carbonyl (C=O) groups is 1. The minimum absolute atomic E-state index is 0.0781. The number of aromatic nitrogens is 3. The van der Waals surface area contributed by atoms with Gasteiger partial charge < -0.3 is 14.7 Å². The van der Waals surface area contributed by atoms with Crippen molar-refractivity contribution < 1.29 is 4.79 Å². The van der Waals surface area contributed by atoms with Gasteiger partial charge >= 0.3 is 0 Å². The van der Waals surface area contributed by atoms with Crippen LogP contribution in [0, 0.1) is 6.92 Å². The van der Waals surface area contributed by atoms with Gasteiger partial charge in [0.05, 0.1) is 0 Å². The second-order valence-electron chi connectivity index (χ2n) is 7.16. The smallest absolute Gasteiger partial charge is 0.271 e. The monoisotopic (exact) mass is 400 g/mol. The lowest BCUT2D eigenvalue weighted by Gasteiger charge is -2.16. The topological polar surface area (TPSA) is 62.2 Å². The zero-order valence-corrected chi connectivity index (χ0v) is 16.7. The van der Waals surface area contributed by atoms with E-state index < -0.39 is 0 Å². The maximum absolute atomic E-state index is 12.8. The van der Waals surface area contributed by atoms with Crippen LogP contribution in [0.3, 0.4) is 0 Å². The van der Waals surface area contributed by atoms with Crippen molar-refractivity contribution in [1.82, 2.24) is 19.7 Å². The second-order valence-corrected chi connectivity index (χ2v) is 8.14. The third-order valence-corrected chi connectivity index (χ3v) is 6.18. The van der Waals surface area contributed by atoms with Gasteiger partial charge in [-0.2, -0.15) is 0 Å². The molecule has 0 saturated heterocycles. The lowest BCUT2D eigenvalue weighted by molar-refractivity contribution is 0.0948. The maximum atomic E-state index is 12.8. The van der Waals surface area contributed by atoms with E-state index >= 15 is 0 Å². The highest BCUT2D eigenvalue weighted by Crippen LogP contribution is 2.32. The van der Waals surface area contributed by atoms with Crippen molar-refractivity contribution in [1.29, 1.82) is 0 Å². The maximum Gasteiger partial charge on any atom is 0.271 e. The van der Waals surface area contributed by atoms with Crippen LogP contribution in [0.25, 0.3) is 16.6 Å². The molecule has 144 valence electrons. The number of nitrogens with zero attached hydrogens (tertiary/aromatic N) is 2. The van der Waals surface area contributed by atoms with Crippen LogP contribution in [0.1, 0.15) is 32.4 Å². The van der Waals surface area contributed by atoms with Gasteiger partial charge in [0, 0.05) is 46.8 Å². The summed E-state index contributed by atoms with van der Waals surface area (Å²) in [6.07, 6.45) is 5.75. The van der Waals surface area contributed by atoms with E-state index in [9.17, 15) is 4.79 Å². The number of nitrogens with one attached hydrogen (secondary N) is 2. The van der Waals surface area contributed by atoms with Crippen LogP contribution in [0.15, 0.2) is 72.5 Å². The van der Waals surface area contributed by atoms with Crippen LogP contribution >= 0.6 is 11.3 Å². The fourth-order valence-electron chi connectivity index (χ4n) is 3.71. The predicted molar refractivity (Wildman–Crippen MR) is 117 cm³/mol. The van der Waals surface area contributed by atoms with Crippen molar-refractivity contribution in [3.8, 4) is 0 Å². The number of H-pyrrole nitrogens is 1. The number of aryl methyl sites for hydroxylation is 1. The van der Waals surface area contributed by atoms with Crippen molar-refractivity contribution >= 4 is 33.8 Å². The first-order valence-electron chi connectivity index (χ1n) is 9.52. The van der Waals surface area contributed by atoms with Gasteiger partial charge in [-0.25, -0.2) is 4.98 Å². The third-order valence-electron chi connectivity index (χ3n) is 5.20. The Morgan fingerprint density at radius 1 is 1.24 bits per heavy atom. The lowest BCUT2D eigenvalue weighted by Crippen LogP contribution is -2.28. The molecule has 0 aliphatic carbocycles. The Morgan fingerprint density at radius 3 is 3.00 bits per heavy atom. The molecular formula is C23H20N4OS. The highest BCUT2D eigenvalue weighted by molar-refractivity contribution is 7.10. The number of fused-ring (bicyclic) bond motifs is 2. The van der Waals surface area contributed by atoms with Crippen LogP contribution in [-0.2, 0) is 0 Å². The molecule has 1 amide bonds. The molecule has 1 unspecified atom stereocenters. The Labute approximate surface area is 172 Å². The second kappa shape index (κ2) is 7.22. The molecule has 1 atom stereocenters. The molecule has 0 fully saturated rings. The molecule has 2 N–H and O–H groups in total. The standard InChI is InChI=1S/C23H20N4OS/c1-15-8-9-27-14-20(26-22(27)11-15)23(28)25-13-18(21-7-4-10-29-21)17-12-24-19-6-3-2-5-16(17)19/h2-12,14,18,24H,13H2,1H3,(H,25,28). The van der Waals surface area contributed by atoms with Gasteiger partial charge in [-0.05, 0) is 47.7 Å². The van der Waals surface area contributed by atoms with Crippen LogP contribution in [-0.4, -0.2) is 26.8 Å². The molecule has 4 aromatic heterocycles. The van der Waals surface area contributed by atoms with Gasteiger partial charge in [-0.1, -0.05) is 24.3 Å². The van der Waals surface area contributed by atoms with E-state index in [4.69, 9.17) is 0 Å². The average Bonchev–Trinajstić information content (AvgIpc) is 3.47. The Morgan fingerprint density at radius 2 is 2.14 bits per heavy atom. The Balaban J connectivity index is 1.43. The number of rotatable bonds is 5. The highest BCUT2D eigenvalue weighted by Gasteiger charge is 2.21. The zero-order chi connectivity index (χ0) is 19.8. The summed E-state index contributed by atoms with van der Waals surface area (Å²) in [4.78, 5) is 21.9. The number of para-hydroxylation sites is 1. The van der Waals surface area contributed by atoms with Gasteiger partial charge in [0.2, 0.25) is 0 Å². The third kappa shape index (κ3) is 3.32. The average molecular weight is 401 g/mol. The number of imidazole rings is 1. The predicted octanol–water partition coefficient (Wildman–Crippen LogP) is 4.75. The number of aromatic amines is 1. The molecule has 0 saturated carbocycles. The first-order chi connectivity index (χ1) is 14.2. The number of thiophene rings is 1. The Kier molecular flexibility index (Phi) is 4.41. The van der Waals surface area contributed by atoms with E-state index in [1.807, 2.05) is 47.9 Å². The summed E-state index contributed by atoms with van der Waals surface area (Å²) >= 11 is 1.71. The van der Waals surface area contributed by atoms with Gasteiger partial charge in [-0.15, -0.1) is 11.3 Å². The van der Waals surface area contributed by atoms with Crippen molar-refractivity contribution in [2.45, 2.75) is 12.8 Å². The molecule has 5 aromatic rings. The first kappa shape index (κ1) is 17.7. The summed E-state index contributed by atoms with van der Waals surface area (Å²) in [5, 5.41) is 6.35. The molecule has 29 heavy (non-hydrogen) atoms. The molecule has 0 aliphatic rings. The van der Waals surface area contributed by atoms with Crippen molar-refractivity contribution in [2.24, 2.45) is 0 Å². The summed E-state index contributed by atoms with van der Waals surface area (Å²) in [6, 6.07) is 16.4. The molecule has 5 rings (SSSR count). The number of amides is 1. The SMILES string of the molecule is Cc1ccn2cc(C(=O)NCC(c3cccs3)c3c[nH]c4ccccc34)nc2c1. The lowest BCUT2D eigenvalue weighted by atomic mass is 9.96. The van der Waals surface area contributed by atoms with E-state index in [0.29, 0.717) is 12.2 Å². The summed E-state index contributed by atoms with van der Waals surface area (Å²) in [7, 11) is 0. The molecule has 1 aromatic carbocycles. The number of benzene rings is 1. The number of carbonyl (C=O) groups excluding carboxylic acids is 1. The quantitative estimate of drug-likeness (QED) is 0.447. The van der Waals surface area contributed by atoms with Crippen LogP contribution in [0.4, 0.5) is 0 Å². The van der Waals surface area contributed by atoms with Crippen molar-refractivity contribution in [3.63, 3.8) is 0 Å². The highest BCUT2D eigenvalue weighted by atomic mass is 32.1. The van der Waals surface area contributed by atoms with E-state index in [1.165, 1.54) is 15.8 Å². The molecular weight excluding hydrogens is 380 g/mol. The molecule has 0 bridgehead atoms. The molecule has 6 heteroatoms. The normalized spacial score (nSPS) is 12.4. The minimum Gasteiger partial charge on any atom is -0.361 e. The minimum atomic E-state index is -0.159. The summed E-state index contributed by atoms with van der Waals surface area (Å²) in [6.45, 7) is 2.52. The Hall–Kier alpha value is -3.38. The fraction of sp³-hybridized carbons (Fsp3) is 0.130. The summed E-state index contributed by atoms with van der Waals surface area (Å²) < 4.78 is 1.87.